The van der Waals surface area contributed by atoms with Gasteiger partial charge in [-0.1, -0.05) is 36.4 Å². The fourth-order valence-corrected chi connectivity index (χ4v) is 2.76. The van der Waals surface area contributed by atoms with Crippen molar-refractivity contribution in [2.24, 2.45) is 0 Å². The second-order valence-corrected chi connectivity index (χ2v) is 6.04. The minimum Gasteiger partial charge on any atom is -0.457 e. The molecule has 24 heavy (non-hydrogen) atoms. The molecule has 2 atom stereocenters. The van der Waals surface area contributed by atoms with Gasteiger partial charge in [0, 0.05) is 18.7 Å². The maximum absolute atomic E-state index is 12.2. The molecule has 1 aliphatic rings. The van der Waals surface area contributed by atoms with E-state index in [0.717, 1.165) is 22.6 Å². The number of hydrogen-bond donors (Lipinski definition) is 3. The van der Waals surface area contributed by atoms with Gasteiger partial charge in [0.1, 0.15) is 11.5 Å². The summed E-state index contributed by atoms with van der Waals surface area (Å²) < 4.78 is 6.01. The summed E-state index contributed by atoms with van der Waals surface area (Å²) in [4.78, 5) is 12.2. The van der Waals surface area contributed by atoms with E-state index in [-0.39, 0.29) is 11.9 Å². The summed E-state index contributed by atoms with van der Waals surface area (Å²) in [6.45, 7) is 2.84. The van der Waals surface area contributed by atoms with Gasteiger partial charge >= 0.3 is 0 Å². The summed E-state index contributed by atoms with van der Waals surface area (Å²) in [6.07, 6.45) is 0.00475. The van der Waals surface area contributed by atoms with E-state index in [9.17, 15) is 9.90 Å². The summed E-state index contributed by atoms with van der Waals surface area (Å²) in [6, 6.07) is 15.2. The minimum absolute atomic E-state index is 0.0998. The molecule has 0 radical (unpaired) electrons. The van der Waals surface area contributed by atoms with Crippen molar-refractivity contribution in [1.29, 1.82) is 0 Å². The number of aliphatic hydroxyl groups excluding tert-OH is 1. The van der Waals surface area contributed by atoms with E-state index in [4.69, 9.17) is 4.74 Å². The van der Waals surface area contributed by atoms with E-state index >= 15 is 0 Å². The molecule has 126 valence electrons. The van der Waals surface area contributed by atoms with Crippen LogP contribution < -0.4 is 15.4 Å². The van der Waals surface area contributed by atoms with Crippen molar-refractivity contribution < 1.29 is 14.6 Å². The fraction of sp³-hybridized carbons (Fsp3) is 0.316. The van der Waals surface area contributed by atoms with Gasteiger partial charge in [0.05, 0.1) is 12.1 Å². The van der Waals surface area contributed by atoms with E-state index < -0.39 is 6.10 Å². The van der Waals surface area contributed by atoms with Crippen LogP contribution in [0.3, 0.4) is 0 Å². The molecule has 3 rings (SSSR count). The molecule has 0 aliphatic carbocycles. The van der Waals surface area contributed by atoms with Crippen LogP contribution in [-0.4, -0.2) is 29.7 Å². The first-order chi connectivity index (χ1) is 11.6. The number of β-amino-alcohol motifs (C(OH)–C–C–N with tert-alkyl or cyclic N) is 1. The van der Waals surface area contributed by atoms with Crippen molar-refractivity contribution in [3.63, 3.8) is 0 Å². The molecule has 2 unspecified atom stereocenters. The third-order valence-corrected chi connectivity index (χ3v) is 4.16. The largest absolute Gasteiger partial charge is 0.457 e. The number of aryl methyl sites for hydroxylation is 1. The highest BCUT2D eigenvalue weighted by atomic mass is 16.5. The molecule has 0 saturated carbocycles. The van der Waals surface area contributed by atoms with Gasteiger partial charge in [-0.2, -0.15) is 0 Å². The molecule has 1 aliphatic heterocycles. The number of rotatable bonds is 5. The molecule has 0 spiro atoms. The van der Waals surface area contributed by atoms with Crippen LogP contribution in [0, 0.1) is 6.92 Å². The molecular formula is C19H22N2O3. The van der Waals surface area contributed by atoms with Gasteiger partial charge in [-0.25, -0.2) is 0 Å². The van der Waals surface area contributed by atoms with Crippen LogP contribution in [0.4, 0.5) is 0 Å². The SMILES string of the molecule is Cc1ccccc1Oc1ccccc1CNC(=O)C1CC(O)CN1. The lowest BCUT2D eigenvalue weighted by molar-refractivity contribution is -0.123. The van der Waals surface area contributed by atoms with Gasteiger partial charge < -0.3 is 20.5 Å². The van der Waals surface area contributed by atoms with Gasteiger partial charge in [-0.3, -0.25) is 4.79 Å². The number of carbonyl (C=O) groups is 1. The number of nitrogens with one attached hydrogen (secondary N) is 2. The summed E-state index contributed by atoms with van der Waals surface area (Å²) in [5.74, 6) is 1.43. The van der Waals surface area contributed by atoms with Crippen molar-refractivity contribution in [3.8, 4) is 11.5 Å². The van der Waals surface area contributed by atoms with Gasteiger partial charge in [0.2, 0.25) is 5.91 Å². The predicted octanol–water partition coefficient (Wildman–Crippen LogP) is 2.13. The molecular weight excluding hydrogens is 304 g/mol. The maximum atomic E-state index is 12.2. The average molecular weight is 326 g/mol. The molecule has 2 aromatic rings. The Labute approximate surface area is 141 Å². The predicted molar refractivity (Wildman–Crippen MR) is 92.0 cm³/mol. The first-order valence-electron chi connectivity index (χ1n) is 8.14. The van der Waals surface area contributed by atoms with Crippen LogP contribution in [-0.2, 0) is 11.3 Å². The molecule has 1 amide bonds. The second kappa shape index (κ2) is 7.47. The Kier molecular flexibility index (Phi) is 5.13. The zero-order valence-electron chi connectivity index (χ0n) is 13.7. The van der Waals surface area contributed by atoms with Crippen LogP contribution in [0.25, 0.3) is 0 Å². The molecule has 1 heterocycles. The van der Waals surface area contributed by atoms with E-state index in [1.807, 2.05) is 55.5 Å². The number of ether oxygens (including phenoxy) is 1. The normalized spacial score (nSPS) is 19.9. The van der Waals surface area contributed by atoms with Crippen molar-refractivity contribution in [2.45, 2.75) is 32.0 Å². The third kappa shape index (κ3) is 3.93. The van der Waals surface area contributed by atoms with Crippen LogP contribution in [0.15, 0.2) is 48.5 Å². The lowest BCUT2D eigenvalue weighted by Gasteiger charge is -2.15. The Morgan fingerprint density at radius 2 is 1.92 bits per heavy atom. The maximum Gasteiger partial charge on any atom is 0.237 e. The van der Waals surface area contributed by atoms with Crippen molar-refractivity contribution in [3.05, 3.63) is 59.7 Å². The highest BCUT2D eigenvalue weighted by molar-refractivity contribution is 5.82. The van der Waals surface area contributed by atoms with E-state index in [2.05, 4.69) is 10.6 Å². The average Bonchev–Trinajstić information content (AvgIpc) is 3.02. The molecule has 3 N–H and O–H groups in total. The Hall–Kier alpha value is -2.37. The highest BCUT2D eigenvalue weighted by Gasteiger charge is 2.27. The van der Waals surface area contributed by atoms with Crippen molar-refractivity contribution >= 4 is 5.91 Å². The molecule has 5 nitrogen and oxygen atoms in total. The van der Waals surface area contributed by atoms with E-state index in [0.29, 0.717) is 19.5 Å². The first kappa shape index (κ1) is 16.5. The quantitative estimate of drug-likeness (QED) is 0.787. The summed E-state index contributed by atoms with van der Waals surface area (Å²) in [5, 5.41) is 15.4. The minimum atomic E-state index is -0.447. The lowest BCUT2D eigenvalue weighted by atomic mass is 10.1. The van der Waals surface area contributed by atoms with Gasteiger partial charge in [0.25, 0.3) is 0 Å². The van der Waals surface area contributed by atoms with Gasteiger partial charge in [-0.05, 0) is 31.0 Å². The van der Waals surface area contributed by atoms with Crippen LogP contribution in [0.1, 0.15) is 17.5 Å². The Balaban J connectivity index is 1.66. The van der Waals surface area contributed by atoms with Crippen LogP contribution in [0.5, 0.6) is 11.5 Å². The Bertz CT molecular complexity index is 717. The topological polar surface area (TPSA) is 70.6 Å². The van der Waals surface area contributed by atoms with E-state index in [1.54, 1.807) is 0 Å². The number of amides is 1. The summed E-state index contributed by atoms with van der Waals surface area (Å²) in [7, 11) is 0. The fourth-order valence-electron chi connectivity index (χ4n) is 2.76. The molecule has 0 bridgehead atoms. The molecule has 5 heteroatoms. The molecule has 1 saturated heterocycles. The Morgan fingerprint density at radius 3 is 2.62 bits per heavy atom. The summed E-state index contributed by atoms with van der Waals surface area (Å²) in [5.41, 5.74) is 1.97. The third-order valence-electron chi connectivity index (χ3n) is 4.16. The molecule has 0 aromatic heterocycles. The van der Waals surface area contributed by atoms with Crippen molar-refractivity contribution in [1.82, 2.24) is 10.6 Å². The van der Waals surface area contributed by atoms with Crippen LogP contribution >= 0.6 is 0 Å². The van der Waals surface area contributed by atoms with E-state index in [1.165, 1.54) is 0 Å². The number of para-hydroxylation sites is 2. The van der Waals surface area contributed by atoms with Gasteiger partial charge in [0.15, 0.2) is 0 Å². The number of benzene rings is 2. The first-order valence-corrected chi connectivity index (χ1v) is 8.14. The highest BCUT2D eigenvalue weighted by Crippen LogP contribution is 2.27. The van der Waals surface area contributed by atoms with Gasteiger partial charge in [-0.15, -0.1) is 0 Å². The lowest BCUT2D eigenvalue weighted by Crippen LogP contribution is -2.40. The zero-order chi connectivity index (χ0) is 16.9. The zero-order valence-corrected chi connectivity index (χ0v) is 13.7. The second-order valence-electron chi connectivity index (χ2n) is 6.04. The standard InChI is InChI=1S/C19H22N2O3/c1-13-6-2-4-8-17(13)24-18-9-5-3-7-14(18)11-21-19(23)16-10-15(22)12-20-16/h2-9,15-16,20,22H,10-12H2,1H3,(H,21,23). The number of hydrogen-bond acceptors (Lipinski definition) is 4. The van der Waals surface area contributed by atoms with Crippen molar-refractivity contribution in [2.75, 3.05) is 6.54 Å². The smallest absolute Gasteiger partial charge is 0.237 e. The van der Waals surface area contributed by atoms with Crippen LogP contribution in [0.2, 0.25) is 0 Å². The number of aliphatic hydroxyl groups is 1. The Morgan fingerprint density at radius 1 is 1.21 bits per heavy atom. The monoisotopic (exact) mass is 326 g/mol. The summed E-state index contributed by atoms with van der Waals surface area (Å²) >= 11 is 0. The molecule has 1 fully saturated rings. The molecule has 2 aromatic carbocycles. The number of carbonyl (C=O) groups excluding carboxylic acids is 1.